The monoisotopic (exact) mass is 361 g/mol. The molecule has 0 aliphatic carbocycles. The first kappa shape index (κ1) is 18.6. The number of hydrogen-bond donors (Lipinski definition) is 3. The van der Waals surface area contributed by atoms with Gasteiger partial charge in [0.2, 0.25) is 21.8 Å². The molecule has 25 heavy (non-hydrogen) atoms. The maximum atomic E-state index is 12.5. The second-order valence-corrected chi connectivity index (χ2v) is 7.06. The van der Waals surface area contributed by atoms with E-state index in [1.54, 1.807) is 0 Å². The largest absolute Gasteiger partial charge is 0.344 e. The van der Waals surface area contributed by atoms with Crippen molar-refractivity contribution >= 4 is 27.5 Å². The summed E-state index contributed by atoms with van der Waals surface area (Å²) in [6, 6.07) is 14.0. The van der Waals surface area contributed by atoms with Gasteiger partial charge in [0.1, 0.15) is 6.04 Å². The average Bonchev–Trinajstić information content (AvgIpc) is 2.54. The van der Waals surface area contributed by atoms with E-state index in [1.807, 2.05) is 30.3 Å². The Balaban J connectivity index is 2.12. The minimum Gasteiger partial charge on any atom is -0.344 e. The third kappa shape index (κ3) is 5.70. The predicted octanol–water partition coefficient (Wildman–Crippen LogP) is 1.02. The fraction of sp³-hybridized carbons (Fsp3) is 0.176. The maximum absolute atomic E-state index is 12.5. The summed E-state index contributed by atoms with van der Waals surface area (Å²) in [4.78, 5) is 23.8. The van der Waals surface area contributed by atoms with Crippen molar-refractivity contribution in [1.29, 1.82) is 0 Å². The summed E-state index contributed by atoms with van der Waals surface area (Å²) in [5, 5.41) is 10.3. The lowest BCUT2D eigenvalue weighted by Crippen LogP contribution is -2.44. The minimum atomic E-state index is -3.79. The van der Waals surface area contributed by atoms with E-state index >= 15 is 0 Å². The Kier molecular flexibility index (Phi) is 5.89. The molecule has 2 amide bonds. The van der Waals surface area contributed by atoms with E-state index in [-0.39, 0.29) is 10.8 Å². The maximum Gasteiger partial charge on any atom is 0.247 e. The molecule has 0 aliphatic heterocycles. The van der Waals surface area contributed by atoms with Gasteiger partial charge in [0, 0.05) is 19.0 Å². The number of primary sulfonamides is 1. The van der Waals surface area contributed by atoms with Crippen LogP contribution >= 0.6 is 0 Å². The molecule has 2 aromatic rings. The second-order valence-electron chi connectivity index (χ2n) is 5.50. The van der Waals surface area contributed by atoms with Crippen LogP contribution in [0.25, 0.3) is 0 Å². The number of amides is 2. The Morgan fingerprint density at radius 1 is 1.04 bits per heavy atom. The topological polar surface area (TPSA) is 118 Å². The van der Waals surface area contributed by atoms with Gasteiger partial charge in [-0.15, -0.1) is 0 Å². The number of nitrogens with one attached hydrogen (secondary N) is 2. The van der Waals surface area contributed by atoms with Crippen molar-refractivity contribution in [2.75, 3.05) is 5.32 Å². The first-order chi connectivity index (χ1) is 11.8. The average molecular weight is 361 g/mol. The zero-order valence-corrected chi connectivity index (χ0v) is 14.4. The lowest BCUT2D eigenvalue weighted by molar-refractivity contribution is -0.125. The van der Waals surface area contributed by atoms with Crippen LogP contribution < -0.4 is 15.8 Å². The van der Waals surface area contributed by atoms with Crippen molar-refractivity contribution in [3.8, 4) is 0 Å². The normalized spacial score (nSPS) is 12.2. The van der Waals surface area contributed by atoms with Gasteiger partial charge in [0.15, 0.2) is 0 Å². The molecule has 8 heteroatoms. The summed E-state index contributed by atoms with van der Waals surface area (Å²) >= 11 is 0. The molecule has 4 N–H and O–H groups in total. The molecule has 7 nitrogen and oxygen atoms in total. The zero-order valence-electron chi connectivity index (χ0n) is 13.6. The van der Waals surface area contributed by atoms with Crippen LogP contribution in [0.4, 0.5) is 5.69 Å². The van der Waals surface area contributed by atoms with Crippen LogP contribution in [0, 0.1) is 0 Å². The highest BCUT2D eigenvalue weighted by Gasteiger charge is 2.20. The quantitative estimate of drug-likeness (QED) is 0.712. The van der Waals surface area contributed by atoms with Crippen molar-refractivity contribution in [3.63, 3.8) is 0 Å². The van der Waals surface area contributed by atoms with E-state index < -0.39 is 22.0 Å². The molecule has 0 aliphatic rings. The van der Waals surface area contributed by atoms with Crippen molar-refractivity contribution in [2.45, 2.75) is 24.3 Å². The molecule has 2 rings (SSSR count). The molecule has 0 aromatic heterocycles. The van der Waals surface area contributed by atoms with Crippen LogP contribution in [0.5, 0.6) is 0 Å². The summed E-state index contributed by atoms with van der Waals surface area (Å²) < 4.78 is 22.5. The van der Waals surface area contributed by atoms with Gasteiger partial charge in [-0.05, 0) is 29.8 Å². The third-order valence-corrected chi connectivity index (χ3v) is 4.36. The molecule has 0 radical (unpaired) electrons. The number of carbonyl (C=O) groups excluding carboxylic acids is 2. The number of rotatable bonds is 6. The minimum absolute atomic E-state index is 0.0480. The smallest absolute Gasteiger partial charge is 0.247 e. The number of sulfonamides is 1. The SMILES string of the molecule is CC(=O)NC(Cc1ccccc1)C(=O)Nc1ccc(S(N)(=O)=O)cc1. The number of anilines is 1. The number of hydrogen-bond acceptors (Lipinski definition) is 4. The van der Waals surface area contributed by atoms with Gasteiger partial charge in [-0.1, -0.05) is 30.3 Å². The summed E-state index contributed by atoms with van der Waals surface area (Å²) in [5.74, 6) is -0.719. The Morgan fingerprint density at radius 3 is 2.16 bits per heavy atom. The third-order valence-electron chi connectivity index (χ3n) is 3.43. The van der Waals surface area contributed by atoms with E-state index in [2.05, 4.69) is 10.6 Å². The Labute approximate surface area is 146 Å². The van der Waals surface area contributed by atoms with Crippen LogP contribution in [-0.4, -0.2) is 26.3 Å². The Hall–Kier alpha value is -2.71. The molecule has 0 saturated carbocycles. The van der Waals surface area contributed by atoms with Crippen molar-refractivity contribution in [1.82, 2.24) is 5.32 Å². The lowest BCUT2D eigenvalue weighted by atomic mass is 10.1. The first-order valence-corrected chi connectivity index (χ1v) is 9.05. The Bertz CT molecular complexity index is 849. The van der Waals surface area contributed by atoms with Crippen molar-refractivity contribution < 1.29 is 18.0 Å². The van der Waals surface area contributed by atoms with Crippen LogP contribution in [0.2, 0.25) is 0 Å². The lowest BCUT2D eigenvalue weighted by Gasteiger charge is -2.18. The summed E-state index contributed by atoms with van der Waals surface area (Å²) in [5.41, 5.74) is 1.31. The van der Waals surface area contributed by atoms with Gasteiger partial charge in [0.25, 0.3) is 0 Å². The van der Waals surface area contributed by atoms with Crippen LogP contribution in [-0.2, 0) is 26.0 Å². The van der Waals surface area contributed by atoms with Crippen LogP contribution in [0.15, 0.2) is 59.5 Å². The molecule has 0 saturated heterocycles. The van der Waals surface area contributed by atoms with Crippen molar-refractivity contribution in [2.24, 2.45) is 5.14 Å². The summed E-state index contributed by atoms with van der Waals surface area (Å²) in [6.07, 6.45) is 0.335. The van der Waals surface area contributed by atoms with Gasteiger partial charge in [-0.2, -0.15) is 0 Å². The predicted molar refractivity (Wildman–Crippen MR) is 94.2 cm³/mol. The van der Waals surface area contributed by atoms with Gasteiger partial charge in [0.05, 0.1) is 4.90 Å². The van der Waals surface area contributed by atoms with E-state index in [9.17, 15) is 18.0 Å². The van der Waals surface area contributed by atoms with Gasteiger partial charge in [-0.3, -0.25) is 9.59 Å². The molecule has 2 aromatic carbocycles. The van der Waals surface area contributed by atoms with Crippen LogP contribution in [0.1, 0.15) is 12.5 Å². The molecule has 0 fully saturated rings. The standard InChI is InChI=1S/C17H19N3O4S/c1-12(21)19-16(11-13-5-3-2-4-6-13)17(22)20-14-7-9-15(10-8-14)25(18,23)24/h2-10,16H,11H2,1H3,(H,19,21)(H,20,22)(H2,18,23,24). The molecular weight excluding hydrogens is 342 g/mol. The fourth-order valence-electron chi connectivity index (χ4n) is 2.26. The molecule has 0 heterocycles. The van der Waals surface area contributed by atoms with Crippen LogP contribution in [0.3, 0.4) is 0 Å². The van der Waals surface area contributed by atoms with E-state index in [0.29, 0.717) is 12.1 Å². The Morgan fingerprint density at radius 2 is 1.64 bits per heavy atom. The number of carbonyl (C=O) groups is 2. The highest BCUT2D eigenvalue weighted by Crippen LogP contribution is 2.13. The number of benzene rings is 2. The molecule has 1 atom stereocenters. The van der Waals surface area contributed by atoms with E-state index in [0.717, 1.165) is 5.56 Å². The fourth-order valence-corrected chi connectivity index (χ4v) is 2.78. The molecule has 1 unspecified atom stereocenters. The first-order valence-electron chi connectivity index (χ1n) is 7.50. The van der Waals surface area contributed by atoms with E-state index in [4.69, 9.17) is 5.14 Å². The van der Waals surface area contributed by atoms with E-state index in [1.165, 1.54) is 31.2 Å². The zero-order chi connectivity index (χ0) is 18.4. The van der Waals surface area contributed by atoms with Gasteiger partial charge < -0.3 is 10.6 Å². The highest BCUT2D eigenvalue weighted by atomic mass is 32.2. The second kappa shape index (κ2) is 7.91. The molecule has 0 bridgehead atoms. The molecule has 0 spiro atoms. The molecular formula is C17H19N3O4S. The highest BCUT2D eigenvalue weighted by molar-refractivity contribution is 7.89. The molecule has 132 valence electrons. The van der Waals surface area contributed by atoms with Gasteiger partial charge in [-0.25, -0.2) is 13.6 Å². The summed E-state index contributed by atoms with van der Waals surface area (Å²) in [7, 11) is -3.79. The van der Waals surface area contributed by atoms with Gasteiger partial charge >= 0.3 is 0 Å². The number of nitrogens with two attached hydrogens (primary N) is 1. The van der Waals surface area contributed by atoms with Crippen molar-refractivity contribution in [3.05, 3.63) is 60.2 Å². The summed E-state index contributed by atoms with van der Waals surface area (Å²) in [6.45, 7) is 1.34.